The third kappa shape index (κ3) is 3.20. The second-order valence-corrected chi connectivity index (χ2v) is 9.61. The fourth-order valence-corrected chi connectivity index (χ4v) is 5.98. The van der Waals surface area contributed by atoms with Crippen molar-refractivity contribution in [1.29, 1.82) is 0 Å². The standard InChI is InChI=1S/C20H22N4O5S/c1-28-17-10-21-11-18(22-17)29-15-5-6-23(12-15)30(26,27)16-8-13-2-3-19(25)24-7-4-14(9-16)20(13)24/h8-11,15H,2-7,12H2,1H3. The van der Waals surface area contributed by atoms with Crippen LogP contribution in [0.5, 0.6) is 11.8 Å². The van der Waals surface area contributed by atoms with E-state index in [0.29, 0.717) is 55.4 Å². The minimum Gasteiger partial charge on any atom is -0.480 e. The molecule has 1 atom stereocenters. The summed E-state index contributed by atoms with van der Waals surface area (Å²) in [6.07, 6.45) is 4.93. The highest BCUT2D eigenvalue weighted by molar-refractivity contribution is 7.89. The summed E-state index contributed by atoms with van der Waals surface area (Å²) in [5.74, 6) is 0.775. The number of amides is 1. The van der Waals surface area contributed by atoms with Gasteiger partial charge in [-0.25, -0.2) is 8.42 Å². The van der Waals surface area contributed by atoms with Crippen LogP contribution in [0, 0.1) is 0 Å². The monoisotopic (exact) mass is 430 g/mol. The predicted molar refractivity (Wildman–Crippen MR) is 107 cm³/mol. The first-order chi connectivity index (χ1) is 14.5. The molecule has 1 fully saturated rings. The number of benzene rings is 1. The lowest BCUT2D eigenvalue weighted by Gasteiger charge is -2.26. The Balaban J connectivity index is 1.36. The molecule has 4 heterocycles. The maximum atomic E-state index is 13.3. The van der Waals surface area contributed by atoms with Crippen LogP contribution < -0.4 is 14.4 Å². The zero-order valence-corrected chi connectivity index (χ0v) is 17.4. The average molecular weight is 430 g/mol. The van der Waals surface area contributed by atoms with Crippen molar-refractivity contribution in [2.75, 3.05) is 31.6 Å². The number of aromatic nitrogens is 2. The van der Waals surface area contributed by atoms with E-state index in [9.17, 15) is 13.2 Å². The third-order valence-electron chi connectivity index (χ3n) is 5.86. The quantitative estimate of drug-likeness (QED) is 0.701. The van der Waals surface area contributed by atoms with Gasteiger partial charge in [0, 0.05) is 19.5 Å². The van der Waals surface area contributed by atoms with Crippen LogP contribution >= 0.6 is 0 Å². The van der Waals surface area contributed by atoms with E-state index in [1.807, 2.05) is 0 Å². The topological polar surface area (TPSA) is 102 Å². The molecular weight excluding hydrogens is 408 g/mol. The van der Waals surface area contributed by atoms with E-state index in [-0.39, 0.29) is 18.6 Å². The molecule has 1 saturated heterocycles. The Hall–Kier alpha value is -2.72. The number of ether oxygens (including phenoxy) is 2. The molecule has 158 valence electrons. The van der Waals surface area contributed by atoms with E-state index in [1.54, 1.807) is 17.0 Å². The predicted octanol–water partition coefficient (Wildman–Crippen LogP) is 1.16. The van der Waals surface area contributed by atoms with Crippen molar-refractivity contribution in [3.63, 3.8) is 0 Å². The smallest absolute Gasteiger partial charge is 0.243 e. The molecule has 1 aromatic carbocycles. The van der Waals surface area contributed by atoms with Gasteiger partial charge in [0.2, 0.25) is 27.7 Å². The zero-order valence-electron chi connectivity index (χ0n) is 16.6. The SMILES string of the molecule is COc1cncc(OC2CCN(S(=O)(=O)c3cc4c5c(c3)CCN5C(=O)CC4)C2)n1. The van der Waals surface area contributed by atoms with Crippen LogP contribution in [0.3, 0.4) is 0 Å². The molecule has 1 unspecified atom stereocenters. The van der Waals surface area contributed by atoms with Crippen LogP contribution in [0.25, 0.3) is 0 Å². The van der Waals surface area contributed by atoms with Crippen molar-refractivity contribution in [3.8, 4) is 11.8 Å². The highest BCUT2D eigenvalue weighted by Gasteiger charge is 2.37. The van der Waals surface area contributed by atoms with Crippen LogP contribution in [-0.2, 0) is 27.7 Å². The summed E-state index contributed by atoms with van der Waals surface area (Å²) >= 11 is 0. The van der Waals surface area contributed by atoms with Gasteiger partial charge < -0.3 is 14.4 Å². The van der Waals surface area contributed by atoms with Gasteiger partial charge in [-0.05, 0) is 42.5 Å². The molecule has 9 nitrogen and oxygen atoms in total. The second kappa shape index (κ2) is 7.21. The molecular formula is C20H22N4O5S. The minimum atomic E-state index is -3.65. The Morgan fingerprint density at radius 3 is 2.63 bits per heavy atom. The zero-order chi connectivity index (χ0) is 20.9. The number of aryl methyl sites for hydroxylation is 1. The highest BCUT2D eigenvalue weighted by Crippen LogP contribution is 2.39. The van der Waals surface area contributed by atoms with Crippen LogP contribution in [0.15, 0.2) is 29.4 Å². The Kier molecular flexibility index (Phi) is 4.62. The van der Waals surface area contributed by atoms with Crippen LogP contribution in [0.4, 0.5) is 5.69 Å². The molecule has 0 N–H and O–H groups in total. The summed E-state index contributed by atoms with van der Waals surface area (Å²) in [4.78, 5) is 22.4. The lowest BCUT2D eigenvalue weighted by Crippen LogP contribution is -2.33. The number of nitrogens with zero attached hydrogens (tertiary/aromatic N) is 4. The number of anilines is 1. The Morgan fingerprint density at radius 2 is 1.83 bits per heavy atom. The third-order valence-corrected chi connectivity index (χ3v) is 7.70. The number of methoxy groups -OCH3 is 1. The van der Waals surface area contributed by atoms with Gasteiger partial charge in [-0.3, -0.25) is 9.78 Å². The normalized spacial score (nSPS) is 21.0. The maximum Gasteiger partial charge on any atom is 0.243 e. The largest absolute Gasteiger partial charge is 0.480 e. The highest BCUT2D eigenvalue weighted by atomic mass is 32.2. The molecule has 3 aliphatic heterocycles. The summed E-state index contributed by atoms with van der Waals surface area (Å²) in [7, 11) is -2.15. The number of hydrogen-bond donors (Lipinski definition) is 0. The van der Waals surface area contributed by atoms with E-state index in [0.717, 1.165) is 16.8 Å². The summed E-state index contributed by atoms with van der Waals surface area (Å²) < 4.78 is 38.9. The average Bonchev–Trinajstić information content (AvgIpc) is 3.39. The van der Waals surface area contributed by atoms with Gasteiger partial charge in [0.25, 0.3) is 0 Å². The van der Waals surface area contributed by atoms with Crippen molar-refractivity contribution >= 4 is 21.6 Å². The summed E-state index contributed by atoms with van der Waals surface area (Å²) in [6.45, 7) is 1.26. The Labute approximate surface area is 174 Å². The van der Waals surface area contributed by atoms with E-state index in [4.69, 9.17) is 9.47 Å². The van der Waals surface area contributed by atoms with Gasteiger partial charge in [-0.2, -0.15) is 9.29 Å². The van der Waals surface area contributed by atoms with Gasteiger partial charge in [0.15, 0.2) is 0 Å². The molecule has 0 aliphatic carbocycles. The number of carbonyl (C=O) groups is 1. The first-order valence-electron chi connectivity index (χ1n) is 9.95. The van der Waals surface area contributed by atoms with Crippen molar-refractivity contribution in [2.24, 2.45) is 0 Å². The molecule has 0 bridgehead atoms. The van der Waals surface area contributed by atoms with E-state index in [1.165, 1.54) is 23.8 Å². The molecule has 0 spiro atoms. The fourth-order valence-electron chi connectivity index (χ4n) is 4.39. The first-order valence-corrected chi connectivity index (χ1v) is 11.4. The van der Waals surface area contributed by atoms with Gasteiger partial charge >= 0.3 is 0 Å². The van der Waals surface area contributed by atoms with E-state index < -0.39 is 10.0 Å². The Morgan fingerprint density at radius 1 is 1.07 bits per heavy atom. The van der Waals surface area contributed by atoms with Gasteiger partial charge in [0.05, 0.1) is 36.6 Å². The lowest BCUT2D eigenvalue weighted by atomic mass is 10.00. The molecule has 0 radical (unpaired) electrons. The summed E-state index contributed by atoms with van der Waals surface area (Å²) in [5, 5.41) is 0. The van der Waals surface area contributed by atoms with E-state index in [2.05, 4.69) is 9.97 Å². The first kappa shape index (κ1) is 19.3. The van der Waals surface area contributed by atoms with Gasteiger partial charge in [0.1, 0.15) is 6.10 Å². The van der Waals surface area contributed by atoms with Crippen LogP contribution in [0.1, 0.15) is 24.0 Å². The number of sulfonamides is 1. The molecule has 3 aliphatic rings. The lowest BCUT2D eigenvalue weighted by molar-refractivity contribution is -0.118. The molecule has 5 rings (SSSR count). The van der Waals surface area contributed by atoms with Crippen molar-refractivity contribution in [3.05, 3.63) is 35.7 Å². The molecule has 0 saturated carbocycles. The molecule has 30 heavy (non-hydrogen) atoms. The van der Waals surface area contributed by atoms with Crippen LogP contribution in [0.2, 0.25) is 0 Å². The van der Waals surface area contributed by atoms with Crippen LogP contribution in [-0.4, -0.2) is 61.4 Å². The molecule has 1 aromatic heterocycles. The summed E-state index contributed by atoms with van der Waals surface area (Å²) in [5.41, 5.74) is 2.81. The van der Waals surface area contributed by atoms with Gasteiger partial charge in [-0.1, -0.05) is 0 Å². The van der Waals surface area contributed by atoms with Crippen molar-refractivity contribution in [1.82, 2.24) is 14.3 Å². The molecule has 2 aromatic rings. The minimum absolute atomic E-state index is 0.122. The van der Waals surface area contributed by atoms with E-state index >= 15 is 0 Å². The fraction of sp³-hybridized carbons (Fsp3) is 0.450. The maximum absolute atomic E-state index is 13.3. The van der Waals surface area contributed by atoms with Gasteiger partial charge in [-0.15, -0.1) is 0 Å². The molecule has 10 heteroatoms. The number of carbonyl (C=O) groups excluding carboxylic acids is 1. The number of rotatable bonds is 5. The van der Waals surface area contributed by atoms with Crippen molar-refractivity contribution < 1.29 is 22.7 Å². The van der Waals surface area contributed by atoms with Crippen molar-refractivity contribution in [2.45, 2.75) is 36.7 Å². The number of hydrogen-bond acceptors (Lipinski definition) is 7. The summed E-state index contributed by atoms with van der Waals surface area (Å²) in [6, 6.07) is 3.47. The molecule has 1 amide bonds. The Bertz CT molecular complexity index is 1120. The second-order valence-electron chi connectivity index (χ2n) is 7.68.